The standard InChI is InChI=1S/C23H26ClN5O2/c24-17-5-7-18(8-6-17)31-15-20-25-19-9-10-21(27-22(19)26-20)29-13-3-4-16(14-29)23(30)28-11-1-2-12-28/h5-10,16H,1-4,11-15H2,(H,25,26,27). The smallest absolute Gasteiger partial charge is 0.227 e. The van der Waals surface area contributed by atoms with Crippen molar-refractivity contribution in [3.63, 3.8) is 0 Å². The zero-order valence-electron chi connectivity index (χ0n) is 17.4. The Bertz CT molecular complexity index is 1060. The van der Waals surface area contributed by atoms with Gasteiger partial charge in [-0.1, -0.05) is 11.6 Å². The lowest BCUT2D eigenvalue weighted by atomic mass is 9.96. The van der Waals surface area contributed by atoms with Crippen molar-refractivity contribution < 1.29 is 9.53 Å². The molecule has 4 heterocycles. The number of carbonyl (C=O) groups is 1. The Balaban J connectivity index is 1.26. The van der Waals surface area contributed by atoms with Crippen molar-refractivity contribution in [1.29, 1.82) is 0 Å². The van der Waals surface area contributed by atoms with Crippen LogP contribution in [0.4, 0.5) is 5.82 Å². The maximum absolute atomic E-state index is 12.8. The van der Waals surface area contributed by atoms with Gasteiger partial charge in [-0.3, -0.25) is 4.79 Å². The Hall–Kier alpha value is -2.80. The van der Waals surface area contributed by atoms with Crippen LogP contribution in [0.1, 0.15) is 31.5 Å². The largest absolute Gasteiger partial charge is 0.486 e. The molecule has 7 nitrogen and oxygen atoms in total. The lowest BCUT2D eigenvalue weighted by Crippen LogP contribution is -2.44. The quantitative estimate of drug-likeness (QED) is 0.649. The molecule has 8 heteroatoms. The van der Waals surface area contributed by atoms with Gasteiger partial charge in [0.05, 0.1) is 5.92 Å². The number of rotatable bonds is 5. The van der Waals surface area contributed by atoms with E-state index in [-0.39, 0.29) is 5.92 Å². The van der Waals surface area contributed by atoms with Crippen LogP contribution >= 0.6 is 11.6 Å². The third-order valence-electron chi connectivity index (χ3n) is 6.08. The molecule has 162 valence electrons. The lowest BCUT2D eigenvalue weighted by molar-refractivity contribution is -0.134. The number of likely N-dealkylation sites (tertiary alicyclic amines) is 1. The minimum atomic E-state index is 0.0643. The summed E-state index contributed by atoms with van der Waals surface area (Å²) in [5.74, 6) is 2.72. The Labute approximate surface area is 186 Å². The number of H-pyrrole nitrogens is 1. The molecule has 0 saturated carbocycles. The fraction of sp³-hybridized carbons (Fsp3) is 0.435. The molecule has 0 radical (unpaired) electrons. The molecule has 5 rings (SSSR count). The predicted octanol–water partition coefficient (Wildman–Crippen LogP) is 4.03. The van der Waals surface area contributed by atoms with Gasteiger partial charge in [0.25, 0.3) is 0 Å². The SMILES string of the molecule is O=C(C1CCCN(c2ccc3nc(COc4ccc(Cl)cc4)[nH]c3n2)C1)N1CCCC1. The van der Waals surface area contributed by atoms with Crippen molar-refractivity contribution in [3.8, 4) is 5.75 Å². The summed E-state index contributed by atoms with van der Waals surface area (Å²) in [6.07, 6.45) is 4.23. The number of nitrogens with zero attached hydrogens (tertiary/aromatic N) is 4. The summed E-state index contributed by atoms with van der Waals surface area (Å²) in [4.78, 5) is 29.7. The average molecular weight is 440 g/mol. The van der Waals surface area contributed by atoms with E-state index in [2.05, 4.69) is 14.9 Å². The second kappa shape index (κ2) is 8.75. The van der Waals surface area contributed by atoms with E-state index >= 15 is 0 Å². The highest BCUT2D eigenvalue weighted by molar-refractivity contribution is 6.30. The van der Waals surface area contributed by atoms with E-state index < -0.39 is 0 Å². The van der Waals surface area contributed by atoms with E-state index in [4.69, 9.17) is 21.3 Å². The lowest BCUT2D eigenvalue weighted by Gasteiger charge is -2.34. The van der Waals surface area contributed by atoms with Crippen LogP contribution in [0.3, 0.4) is 0 Å². The third-order valence-corrected chi connectivity index (χ3v) is 6.33. The minimum Gasteiger partial charge on any atom is -0.486 e. The van der Waals surface area contributed by atoms with Gasteiger partial charge in [-0.25, -0.2) is 9.97 Å². The monoisotopic (exact) mass is 439 g/mol. The first-order valence-electron chi connectivity index (χ1n) is 10.9. The van der Waals surface area contributed by atoms with Gasteiger partial charge >= 0.3 is 0 Å². The molecular formula is C23H26ClN5O2. The van der Waals surface area contributed by atoms with Crippen LogP contribution in [0.2, 0.25) is 5.02 Å². The van der Waals surface area contributed by atoms with Gasteiger partial charge in [-0.15, -0.1) is 0 Å². The first kappa shape index (κ1) is 20.1. The summed E-state index contributed by atoms with van der Waals surface area (Å²) >= 11 is 5.91. The Kier molecular flexibility index (Phi) is 5.68. The summed E-state index contributed by atoms with van der Waals surface area (Å²) < 4.78 is 5.78. The molecule has 2 aliphatic rings. The third kappa shape index (κ3) is 4.46. The highest BCUT2D eigenvalue weighted by atomic mass is 35.5. The van der Waals surface area contributed by atoms with Crippen molar-refractivity contribution in [3.05, 3.63) is 47.2 Å². The summed E-state index contributed by atoms with van der Waals surface area (Å²) in [6, 6.07) is 11.2. The van der Waals surface area contributed by atoms with Crippen molar-refractivity contribution in [2.45, 2.75) is 32.3 Å². The Morgan fingerprint density at radius 2 is 1.87 bits per heavy atom. The van der Waals surface area contributed by atoms with Gasteiger partial charge < -0.3 is 19.5 Å². The summed E-state index contributed by atoms with van der Waals surface area (Å²) in [7, 11) is 0. The number of piperidine rings is 1. The highest BCUT2D eigenvalue weighted by Crippen LogP contribution is 2.26. The van der Waals surface area contributed by atoms with Crippen LogP contribution in [0.25, 0.3) is 11.2 Å². The molecular weight excluding hydrogens is 414 g/mol. The molecule has 1 amide bonds. The number of anilines is 1. The van der Waals surface area contributed by atoms with Crippen molar-refractivity contribution in [2.75, 3.05) is 31.1 Å². The van der Waals surface area contributed by atoms with Crippen LogP contribution in [0.5, 0.6) is 5.75 Å². The number of ether oxygens (including phenoxy) is 1. The van der Waals surface area contributed by atoms with E-state index in [1.807, 2.05) is 29.2 Å². The molecule has 2 fully saturated rings. The van der Waals surface area contributed by atoms with Gasteiger partial charge in [0.2, 0.25) is 5.91 Å². The first-order chi connectivity index (χ1) is 15.2. The molecule has 1 atom stereocenters. The number of hydrogen-bond acceptors (Lipinski definition) is 5. The van der Waals surface area contributed by atoms with Crippen molar-refractivity contribution >= 4 is 34.5 Å². The number of pyridine rings is 1. The number of aromatic amines is 1. The number of nitrogens with one attached hydrogen (secondary N) is 1. The van der Waals surface area contributed by atoms with E-state index in [1.54, 1.807) is 12.1 Å². The van der Waals surface area contributed by atoms with Crippen LogP contribution in [0, 0.1) is 5.92 Å². The number of hydrogen-bond donors (Lipinski definition) is 1. The number of aromatic nitrogens is 3. The predicted molar refractivity (Wildman–Crippen MR) is 120 cm³/mol. The average Bonchev–Trinajstić information content (AvgIpc) is 3.48. The Morgan fingerprint density at radius 3 is 2.68 bits per heavy atom. The fourth-order valence-corrected chi connectivity index (χ4v) is 4.57. The Morgan fingerprint density at radius 1 is 1.06 bits per heavy atom. The molecule has 0 bridgehead atoms. The van der Waals surface area contributed by atoms with Gasteiger partial charge in [0.15, 0.2) is 5.65 Å². The zero-order chi connectivity index (χ0) is 21.2. The zero-order valence-corrected chi connectivity index (χ0v) is 18.1. The fourth-order valence-electron chi connectivity index (χ4n) is 4.44. The normalized spacial score (nSPS) is 19.2. The highest BCUT2D eigenvalue weighted by Gasteiger charge is 2.31. The number of amides is 1. The molecule has 1 aromatic carbocycles. The molecule has 0 aliphatic carbocycles. The molecule has 0 spiro atoms. The van der Waals surface area contributed by atoms with E-state index in [9.17, 15) is 4.79 Å². The molecule has 2 saturated heterocycles. The van der Waals surface area contributed by atoms with E-state index in [0.29, 0.717) is 17.5 Å². The van der Waals surface area contributed by atoms with Gasteiger partial charge in [-0.2, -0.15) is 0 Å². The van der Waals surface area contributed by atoms with E-state index in [0.717, 1.165) is 80.4 Å². The minimum absolute atomic E-state index is 0.0643. The van der Waals surface area contributed by atoms with Gasteiger partial charge in [-0.05, 0) is 62.1 Å². The molecule has 31 heavy (non-hydrogen) atoms. The van der Waals surface area contributed by atoms with E-state index in [1.165, 1.54) is 0 Å². The van der Waals surface area contributed by atoms with Crippen LogP contribution in [-0.4, -0.2) is 51.9 Å². The second-order valence-electron chi connectivity index (χ2n) is 8.28. The maximum atomic E-state index is 12.8. The van der Waals surface area contributed by atoms with Gasteiger partial charge in [0.1, 0.15) is 29.5 Å². The molecule has 1 N–H and O–H groups in total. The maximum Gasteiger partial charge on any atom is 0.227 e. The van der Waals surface area contributed by atoms with Crippen molar-refractivity contribution in [1.82, 2.24) is 19.9 Å². The molecule has 2 aliphatic heterocycles. The molecule has 2 aromatic heterocycles. The number of benzene rings is 1. The summed E-state index contributed by atoms with van der Waals surface area (Å²) in [5.41, 5.74) is 1.54. The van der Waals surface area contributed by atoms with Crippen LogP contribution in [-0.2, 0) is 11.4 Å². The number of carbonyl (C=O) groups excluding carboxylic acids is 1. The number of halogens is 1. The second-order valence-corrected chi connectivity index (χ2v) is 8.72. The van der Waals surface area contributed by atoms with Crippen LogP contribution in [0.15, 0.2) is 36.4 Å². The number of fused-ring (bicyclic) bond motifs is 1. The number of imidazole rings is 1. The topological polar surface area (TPSA) is 74.4 Å². The summed E-state index contributed by atoms with van der Waals surface area (Å²) in [5, 5.41) is 0.676. The van der Waals surface area contributed by atoms with Gasteiger partial charge in [0, 0.05) is 31.2 Å². The molecule has 1 unspecified atom stereocenters. The summed E-state index contributed by atoms with van der Waals surface area (Å²) in [6.45, 7) is 3.80. The van der Waals surface area contributed by atoms with Crippen LogP contribution < -0.4 is 9.64 Å². The van der Waals surface area contributed by atoms with Crippen molar-refractivity contribution in [2.24, 2.45) is 5.92 Å². The first-order valence-corrected chi connectivity index (χ1v) is 11.3. The molecule has 3 aromatic rings.